The molecule has 0 aliphatic heterocycles. The summed E-state index contributed by atoms with van der Waals surface area (Å²) in [4.78, 5) is 73.5. The Balaban J connectivity index is 5.26. The van der Waals surface area contributed by atoms with Crippen molar-refractivity contribution >= 4 is 39.5 Å². The molecule has 110 heavy (non-hydrogen) atoms. The third-order valence-corrected chi connectivity index (χ3v) is 23.4. The lowest BCUT2D eigenvalue weighted by Gasteiger charge is -2.21. The van der Waals surface area contributed by atoms with Crippen LogP contribution in [0.25, 0.3) is 0 Å². The predicted molar refractivity (Wildman–Crippen MR) is 455 cm³/mol. The smallest absolute Gasteiger partial charge is 0.462 e. The third kappa shape index (κ3) is 84.0. The van der Waals surface area contributed by atoms with Crippen LogP contribution in [0.4, 0.5) is 0 Å². The second-order valence-corrected chi connectivity index (χ2v) is 36.6. The fourth-order valence-corrected chi connectivity index (χ4v) is 15.9. The van der Waals surface area contributed by atoms with Gasteiger partial charge in [-0.1, -0.05) is 440 Å². The van der Waals surface area contributed by atoms with E-state index in [2.05, 4.69) is 41.5 Å². The second-order valence-electron chi connectivity index (χ2n) is 33.6. The summed E-state index contributed by atoms with van der Waals surface area (Å²) in [6.07, 6.45) is 76.3. The summed E-state index contributed by atoms with van der Waals surface area (Å²) in [6, 6.07) is 0. The van der Waals surface area contributed by atoms with E-state index in [9.17, 15) is 43.2 Å². The molecule has 3 N–H and O–H groups in total. The molecule has 0 aromatic heterocycles. The Morgan fingerprint density at radius 3 is 0.618 bits per heavy atom. The summed E-state index contributed by atoms with van der Waals surface area (Å²) in [5.74, 6) is -0.466. The molecule has 0 heterocycles. The summed E-state index contributed by atoms with van der Waals surface area (Å²) in [7, 11) is -9.94. The van der Waals surface area contributed by atoms with Crippen LogP contribution >= 0.6 is 15.6 Å². The van der Waals surface area contributed by atoms with Crippen molar-refractivity contribution in [2.45, 2.75) is 509 Å². The lowest BCUT2D eigenvalue weighted by molar-refractivity contribution is -0.161. The number of carbonyl (C=O) groups excluding carboxylic acids is 4. The standard InChI is InChI=1S/C91H178O17P2/c1-7-9-11-13-15-17-19-21-22-23-27-32-39-45-51-57-63-69-75-90(95)107-86(79-101-88(93)73-67-61-55-49-43-35-20-18-16-14-12-10-8-2)81-105-109(97,98)103-77-85(92)78-104-110(99,100)106-82-87(80-102-89(94)74-68-62-56-50-44-38-34-29-31-37-42-48-54-60-66-72-84(5)6)108-91(96)76-70-64-58-52-46-40-33-28-25-24-26-30-36-41-47-53-59-65-71-83(3)4/h83-87,92H,7-82H2,1-6H3,(H,97,98)(H,99,100)/t85-,86+,87+/m0/s1. The molecule has 17 nitrogen and oxygen atoms in total. The summed E-state index contributed by atoms with van der Waals surface area (Å²) < 4.78 is 69.1. The molecule has 2 unspecified atom stereocenters. The minimum absolute atomic E-state index is 0.109. The third-order valence-electron chi connectivity index (χ3n) is 21.5. The summed E-state index contributed by atoms with van der Waals surface area (Å²) >= 11 is 0. The molecule has 0 spiro atoms. The molecule has 5 atom stereocenters. The van der Waals surface area contributed by atoms with Crippen LogP contribution in [0.1, 0.15) is 491 Å². The van der Waals surface area contributed by atoms with Crippen molar-refractivity contribution in [2.75, 3.05) is 39.6 Å². The van der Waals surface area contributed by atoms with Gasteiger partial charge in [0.25, 0.3) is 0 Å². The number of aliphatic hydroxyl groups excluding tert-OH is 1. The van der Waals surface area contributed by atoms with E-state index in [1.807, 2.05) is 0 Å². The Morgan fingerprint density at radius 2 is 0.418 bits per heavy atom. The molecule has 654 valence electrons. The molecule has 0 aromatic carbocycles. The Morgan fingerprint density at radius 1 is 0.245 bits per heavy atom. The number of esters is 4. The number of phosphoric ester groups is 2. The number of aliphatic hydroxyl groups is 1. The maximum atomic E-state index is 13.2. The largest absolute Gasteiger partial charge is 0.472 e. The molecule has 19 heteroatoms. The maximum Gasteiger partial charge on any atom is 0.472 e. The summed E-state index contributed by atoms with van der Waals surface area (Å²) in [5, 5.41) is 10.7. The van der Waals surface area contributed by atoms with Gasteiger partial charge in [0.05, 0.1) is 26.4 Å². The van der Waals surface area contributed by atoms with Crippen molar-refractivity contribution in [3.05, 3.63) is 0 Å². The molecule has 0 bridgehead atoms. The van der Waals surface area contributed by atoms with Gasteiger partial charge in [-0.05, 0) is 37.5 Å². The highest BCUT2D eigenvalue weighted by molar-refractivity contribution is 7.47. The lowest BCUT2D eigenvalue weighted by Crippen LogP contribution is -2.30. The topological polar surface area (TPSA) is 237 Å². The van der Waals surface area contributed by atoms with Gasteiger partial charge in [0.2, 0.25) is 0 Å². The van der Waals surface area contributed by atoms with Crippen molar-refractivity contribution in [3.63, 3.8) is 0 Å². The molecule has 0 saturated heterocycles. The average Bonchev–Trinajstić information content (AvgIpc) is 0.898. The van der Waals surface area contributed by atoms with Gasteiger partial charge in [-0.15, -0.1) is 0 Å². The molecular weight excluding hydrogens is 1430 g/mol. The number of hydrogen-bond acceptors (Lipinski definition) is 15. The molecule has 0 saturated carbocycles. The van der Waals surface area contributed by atoms with Gasteiger partial charge in [0.15, 0.2) is 12.2 Å². The van der Waals surface area contributed by atoms with Gasteiger partial charge in [-0.3, -0.25) is 37.3 Å². The van der Waals surface area contributed by atoms with Crippen molar-refractivity contribution in [1.82, 2.24) is 0 Å². The minimum Gasteiger partial charge on any atom is -0.462 e. The van der Waals surface area contributed by atoms with Gasteiger partial charge >= 0.3 is 39.5 Å². The quantitative estimate of drug-likeness (QED) is 0.0222. The van der Waals surface area contributed by atoms with E-state index in [4.69, 9.17) is 37.0 Å². The van der Waals surface area contributed by atoms with Gasteiger partial charge in [0, 0.05) is 25.7 Å². The van der Waals surface area contributed by atoms with Gasteiger partial charge in [0.1, 0.15) is 19.3 Å². The van der Waals surface area contributed by atoms with E-state index in [0.29, 0.717) is 25.7 Å². The highest BCUT2D eigenvalue weighted by atomic mass is 31.2. The summed E-state index contributed by atoms with van der Waals surface area (Å²) in [5.41, 5.74) is 0. The molecule has 0 radical (unpaired) electrons. The first-order valence-electron chi connectivity index (χ1n) is 47.0. The number of unbranched alkanes of at least 4 members (excludes halogenated alkanes) is 60. The van der Waals surface area contributed by atoms with E-state index in [0.717, 1.165) is 102 Å². The first-order valence-corrected chi connectivity index (χ1v) is 50.0. The van der Waals surface area contributed by atoms with Crippen LogP contribution in [0.5, 0.6) is 0 Å². The van der Waals surface area contributed by atoms with Crippen molar-refractivity contribution < 1.29 is 80.2 Å². The predicted octanol–water partition coefficient (Wildman–Crippen LogP) is 28.2. The zero-order chi connectivity index (χ0) is 80.6. The first kappa shape index (κ1) is 108. The van der Waals surface area contributed by atoms with Gasteiger partial charge in [-0.2, -0.15) is 0 Å². The van der Waals surface area contributed by atoms with E-state index in [-0.39, 0.29) is 25.7 Å². The average molecular weight is 1610 g/mol. The maximum absolute atomic E-state index is 13.2. The molecule has 0 aliphatic rings. The van der Waals surface area contributed by atoms with Crippen LogP contribution in [0, 0.1) is 11.8 Å². The number of ether oxygens (including phenoxy) is 4. The highest BCUT2D eigenvalue weighted by Gasteiger charge is 2.31. The van der Waals surface area contributed by atoms with Crippen molar-refractivity contribution in [2.24, 2.45) is 11.8 Å². The Bertz CT molecular complexity index is 2100. The fourth-order valence-electron chi connectivity index (χ4n) is 14.3. The van der Waals surface area contributed by atoms with E-state index in [1.54, 1.807) is 0 Å². The zero-order valence-corrected chi connectivity index (χ0v) is 74.4. The van der Waals surface area contributed by atoms with Crippen LogP contribution in [0.3, 0.4) is 0 Å². The number of carbonyl (C=O) groups is 4. The Kier molecular flexibility index (Phi) is 80.7. The van der Waals surface area contributed by atoms with Crippen LogP contribution in [-0.4, -0.2) is 96.7 Å². The van der Waals surface area contributed by atoms with Crippen LogP contribution in [0.2, 0.25) is 0 Å². The monoisotopic (exact) mass is 1610 g/mol. The first-order chi connectivity index (χ1) is 53.4. The molecular formula is C91H178O17P2. The van der Waals surface area contributed by atoms with Crippen molar-refractivity contribution in [1.29, 1.82) is 0 Å². The minimum atomic E-state index is -4.97. The number of phosphoric acid groups is 2. The van der Waals surface area contributed by atoms with Gasteiger partial charge < -0.3 is 33.8 Å². The molecule has 0 aromatic rings. The van der Waals surface area contributed by atoms with E-state index >= 15 is 0 Å². The second kappa shape index (κ2) is 82.2. The molecule has 0 amide bonds. The molecule has 0 fully saturated rings. The molecule has 0 aliphatic carbocycles. The van der Waals surface area contributed by atoms with Crippen LogP contribution in [-0.2, 0) is 65.4 Å². The SMILES string of the molecule is CCCCCCCCCCCCCCCCCCCCC(=O)O[C@H](COC(=O)CCCCCCCCCCCCCCC)COP(=O)(O)OC[C@H](O)COP(=O)(O)OC[C@@H](COC(=O)CCCCCCCCCCCCCCCCCC(C)C)OC(=O)CCCCCCCCCCCCCCCCCCCCC(C)C. The van der Waals surface area contributed by atoms with Crippen LogP contribution in [0.15, 0.2) is 0 Å². The number of rotatable bonds is 90. The number of hydrogen-bond donors (Lipinski definition) is 3. The zero-order valence-electron chi connectivity index (χ0n) is 72.6. The lowest BCUT2D eigenvalue weighted by atomic mass is 10.0. The highest BCUT2D eigenvalue weighted by Crippen LogP contribution is 2.45. The normalized spacial score (nSPS) is 13.7. The Hall–Kier alpha value is -1.94. The Labute approximate surface area is 677 Å². The van der Waals surface area contributed by atoms with E-state index < -0.39 is 97.5 Å². The van der Waals surface area contributed by atoms with Crippen LogP contribution < -0.4 is 0 Å². The van der Waals surface area contributed by atoms with Gasteiger partial charge in [-0.25, -0.2) is 9.13 Å². The van der Waals surface area contributed by atoms with Crippen molar-refractivity contribution in [3.8, 4) is 0 Å². The molecule has 0 rings (SSSR count). The fraction of sp³-hybridized carbons (Fsp3) is 0.956. The summed E-state index contributed by atoms with van der Waals surface area (Å²) in [6.45, 7) is 9.78. The van der Waals surface area contributed by atoms with E-state index in [1.165, 1.54) is 308 Å².